The quantitative estimate of drug-likeness (QED) is 0.689. The second kappa shape index (κ2) is 5.20. The summed E-state index contributed by atoms with van der Waals surface area (Å²) in [5.74, 6) is 0. The molecule has 1 aromatic heterocycles. The summed E-state index contributed by atoms with van der Waals surface area (Å²) in [5, 5.41) is 5.69. The molecule has 0 bridgehead atoms. The topological polar surface area (TPSA) is 57.3 Å². The fraction of sp³-hybridized carbons (Fsp3) is 0.429. The van der Waals surface area contributed by atoms with Gasteiger partial charge in [-0.25, -0.2) is 4.21 Å². The van der Waals surface area contributed by atoms with Crippen LogP contribution in [0.1, 0.15) is 19.8 Å². The number of aromatic nitrogens is 2. The third-order valence-electron chi connectivity index (χ3n) is 3.97. The first-order valence-corrected chi connectivity index (χ1v) is 7.79. The summed E-state index contributed by atoms with van der Waals surface area (Å²) >= 11 is -1.92. The lowest BCUT2D eigenvalue weighted by Gasteiger charge is -2.28. The van der Waals surface area contributed by atoms with Crippen LogP contribution >= 0.6 is 0 Å². The van der Waals surface area contributed by atoms with Gasteiger partial charge in [-0.3, -0.25) is 4.55 Å². The van der Waals surface area contributed by atoms with Crippen molar-refractivity contribution in [3.05, 3.63) is 36.5 Å². The molecule has 2 heterocycles. The number of nitrogens with zero attached hydrogens (tertiary/aromatic N) is 3. The molecule has 1 N–H and O–H groups in total. The van der Waals surface area contributed by atoms with Crippen LogP contribution in [0.25, 0.3) is 10.9 Å². The Morgan fingerprint density at radius 2 is 2.25 bits per heavy atom. The van der Waals surface area contributed by atoms with E-state index in [-0.39, 0.29) is 5.54 Å². The lowest BCUT2D eigenvalue weighted by molar-refractivity contribution is -0.759. The van der Waals surface area contributed by atoms with Gasteiger partial charge in [-0.1, -0.05) is 22.9 Å². The van der Waals surface area contributed by atoms with E-state index in [0.29, 0.717) is 13.1 Å². The van der Waals surface area contributed by atoms with Crippen molar-refractivity contribution in [1.82, 2.24) is 9.40 Å². The van der Waals surface area contributed by atoms with Gasteiger partial charge in [-0.2, -0.15) is 4.31 Å². The molecule has 1 aromatic carbocycles. The van der Waals surface area contributed by atoms with Gasteiger partial charge in [0.25, 0.3) is 0 Å². The minimum Gasteiger partial charge on any atom is -0.294 e. The van der Waals surface area contributed by atoms with E-state index in [9.17, 15) is 8.76 Å². The van der Waals surface area contributed by atoms with E-state index in [0.717, 1.165) is 23.7 Å². The molecule has 0 spiro atoms. The summed E-state index contributed by atoms with van der Waals surface area (Å²) in [6.45, 7) is 3.30. The van der Waals surface area contributed by atoms with E-state index < -0.39 is 11.3 Å². The highest BCUT2D eigenvalue weighted by Crippen LogP contribution is 2.30. The van der Waals surface area contributed by atoms with Crippen molar-refractivity contribution in [1.29, 1.82) is 0 Å². The molecule has 1 aliphatic heterocycles. The second-order valence-electron chi connectivity index (χ2n) is 5.51. The van der Waals surface area contributed by atoms with Crippen molar-refractivity contribution >= 4 is 22.2 Å². The number of fused-ring (bicyclic) bond motifs is 1. The fourth-order valence-corrected chi connectivity index (χ4v) is 3.73. The van der Waals surface area contributed by atoms with Crippen LogP contribution in [-0.2, 0) is 17.8 Å². The largest absolute Gasteiger partial charge is 0.294 e. The van der Waals surface area contributed by atoms with Crippen molar-refractivity contribution in [3.63, 3.8) is 0 Å². The van der Waals surface area contributed by atoms with Crippen molar-refractivity contribution in [2.24, 2.45) is 0 Å². The molecular weight excluding hydrogens is 274 g/mol. The number of benzene rings is 1. The smallest absolute Gasteiger partial charge is 0.235 e. The van der Waals surface area contributed by atoms with E-state index in [4.69, 9.17) is 0 Å². The van der Waals surface area contributed by atoms with Crippen LogP contribution in [0.5, 0.6) is 0 Å². The normalized spacial score (nSPS) is 25.1. The van der Waals surface area contributed by atoms with Crippen LogP contribution in [-0.4, -0.2) is 30.2 Å². The molecule has 1 aliphatic rings. The Labute approximate surface area is 120 Å². The van der Waals surface area contributed by atoms with Crippen LogP contribution in [0.4, 0.5) is 0 Å². The molecule has 1 saturated heterocycles. The van der Waals surface area contributed by atoms with Gasteiger partial charge in [0.05, 0.1) is 5.54 Å². The highest BCUT2D eigenvalue weighted by Gasteiger charge is 2.43. The molecule has 0 saturated carbocycles. The molecule has 1 unspecified atom stereocenters. The first kappa shape index (κ1) is 13.6. The summed E-state index contributed by atoms with van der Waals surface area (Å²) < 4.78 is 24.4. The van der Waals surface area contributed by atoms with Gasteiger partial charge in [0.15, 0.2) is 12.7 Å². The van der Waals surface area contributed by atoms with E-state index >= 15 is 0 Å². The van der Waals surface area contributed by atoms with Gasteiger partial charge in [0.2, 0.25) is 11.3 Å². The Morgan fingerprint density at radius 3 is 3.05 bits per heavy atom. The van der Waals surface area contributed by atoms with Gasteiger partial charge in [-0.05, 0) is 25.8 Å². The van der Waals surface area contributed by atoms with Gasteiger partial charge < -0.3 is 0 Å². The minimum absolute atomic E-state index is 0.320. The van der Waals surface area contributed by atoms with E-state index in [1.807, 2.05) is 48.1 Å². The highest BCUT2D eigenvalue weighted by molar-refractivity contribution is 7.76. The summed E-state index contributed by atoms with van der Waals surface area (Å²) in [6, 6.07) is 9.99. The molecule has 6 heteroatoms. The summed E-state index contributed by atoms with van der Waals surface area (Å²) in [4.78, 5) is 0. The standard InChI is InChI=1S/C14H17N3O2S/c1-14(8-4-9-17(14)20(18)19)11-16-10-7-12-5-2-3-6-13(12)15-16/h2-3,5-7,10H,4,8-9,11H2,1H3/p+1/t14-/m0/s1. The zero-order valence-electron chi connectivity index (χ0n) is 11.4. The SMILES string of the molecule is C[C@@]1(C[n+]2ccc3ccccc3n2)CCCN1S(=O)O. The van der Waals surface area contributed by atoms with Crippen molar-refractivity contribution < 1.29 is 13.4 Å². The van der Waals surface area contributed by atoms with E-state index in [1.165, 1.54) is 0 Å². The van der Waals surface area contributed by atoms with E-state index in [1.54, 1.807) is 4.31 Å². The third kappa shape index (κ3) is 2.46. The molecule has 0 radical (unpaired) electrons. The summed E-state index contributed by atoms with van der Waals surface area (Å²) in [5.41, 5.74) is 0.619. The molecule has 2 aromatic rings. The number of hydrogen-bond acceptors (Lipinski definition) is 2. The van der Waals surface area contributed by atoms with Crippen LogP contribution in [0.3, 0.4) is 0 Å². The molecule has 1 fully saturated rings. The van der Waals surface area contributed by atoms with Gasteiger partial charge in [0, 0.05) is 23.1 Å². The Balaban J connectivity index is 1.90. The maximum Gasteiger partial charge on any atom is 0.235 e. The Hall–Kier alpha value is -1.37. The van der Waals surface area contributed by atoms with Crippen LogP contribution in [0, 0.1) is 0 Å². The van der Waals surface area contributed by atoms with Crippen molar-refractivity contribution in [2.45, 2.75) is 31.8 Å². The van der Waals surface area contributed by atoms with Gasteiger partial charge in [0.1, 0.15) is 5.52 Å². The second-order valence-corrected chi connectivity index (χ2v) is 6.41. The molecule has 0 amide bonds. The Bertz CT molecular complexity index is 664. The van der Waals surface area contributed by atoms with Crippen molar-refractivity contribution in [2.75, 3.05) is 6.54 Å². The molecule has 106 valence electrons. The van der Waals surface area contributed by atoms with Crippen molar-refractivity contribution in [3.8, 4) is 0 Å². The number of rotatable bonds is 3. The maximum atomic E-state index is 11.4. The lowest BCUT2D eigenvalue weighted by atomic mass is 10.0. The van der Waals surface area contributed by atoms with Crippen LogP contribution < -0.4 is 4.68 Å². The zero-order valence-corrected chi connectivity index (χ0v) is 12.2. The highest BCUT2D eigenvalue weighted by atomic mass is 32.2. The first-order chi connectivity index (χ1) is 9.58. The average Bonchev–Trinajstić information content (AvgIpc) is 2.80. The molecule has 0 aliphatic carbocycles. The molecule has 3 rings (SSSR count). The minimum atomic E-state index is -1.92. The average molecular weight is 292 g/mol. The molecule has 5 nitrogen and oxygen atoms in total. The molecule has 2 atom stereocenters. The summed E-state index contributed by atoms with van der Waals surface area (Å²) in [7, 11) is 0. The third-order valence-corrected chi connectivity index (χ3v) is 4.97. The van der Waals surface area contributed by atoms with Gasteiger partial charge >= 0.3 is 0 Å². The predicted octanol–water partition coefficient (Wildman–Crippen LogP) is 1.51. The zero-order chi connectivity index (χ0) is 14.2. The van der Waals surface area contributed by atoms with Gasteiger partial charge in [-0.15, -0.1) is 0 Å². The Morgan fingerprint density at radius 1 is 1.45 bits per heavy atom. The van der Waals surface area contributed by atoms with E-state index in [2.05, 4.69) is 5.10 Å². The Kier molecular flexibility index (Phi) is 3.54. The molecule has 20 heavy (non-hydrogen) atoms. The van der Waals surface area contributed by atoms with Crippen LogP contribution in [0.15, 0.2) is 36.5 Å². The monoisotopic (exact) mass is 292 g/mol. The molecular formula is C14H18N3O2S+. The lowest BCUT2D eigenvalue weighted by Crippen LogP contribution is -2.54. The fourth-order valence-electron chi connectivity index (χ4n) is 2.92. The maximum absolute atomic E-state index is 11.4. The predicted molar refractivity (Wildman–Crippen MR) is 77.1 cm³/mol. The summed E-state index contributed by atoms with van der Waals surface area (Å²) in [6.07, 6.45) is 3.78. The first-order valence-electron chi connectivity index (χ1n) is 6.73. The number of hydrogen-bond donors (Lipinski definition) is 1. The van der Waals surface area contributed by atoms with Crippen LogP contribution in [0.2, 0.25) is 0 Å².